The second kappa shape index (κ2) is 7.95. The highest BCUT2D eigenvalue weighted by atomic mass is 32.2. The van der Waals surface area contributed by atoms with Gasteiger partial charge < -0.3 is 4.90 Å². The third-order valence-electron chi connectivity index (χ3n) is 4.73. The summed E-state index contributed by atoms with van der Waals surface area (Å²) in [5.74, 6) is 0. The van der Waals surface area contributed by atoms with Gasteiger partial charge in [-0.15, -0.1) is 11.3 Å². The van der Waals surface area contributed by atoms with E-state index in [0.717, 1.165) is 37.1 Å². The van der Waals surface area contributed by atoms with Gasteiger partial charge in [0.15, 0.2) is 0 Å². The van der Waals surface area contributed by atoms with E-state index in [4.69, 9.17) is 0 Å². The standard InChI is InChI=1S/C18H25N3O2S2/c1-15-12-18(24-14-15)25(22,23)21-10-5-7-17(13-21)20(2)11-8-16-6-3-4-9-19-16/h3-4,6,9,12,14,17H,5,7-8,10-11,13H2,1-2H3. The molecule has 25 heavy (non-hydrogen) atoms. The maximum absolute atomic E-state index is 12.9. The van der Waals surface area contributed by atoms with Gasteiger partial charge in [-0.2, -0.15) is 4.31 Å². The van der Waals surface area contributed by atoms with Gasteiger partial charge in [-0.25, -0.2) is 8.42 Å². The van der Waals surface area contributed by atoms with Crippen LogP contribution in [0.25, 0.3) is 0 Å². The molecule has 1 unspecified atom stereocenters. The molecule has 1 aliphatic heterocycles. The average Bonchev–Trinajstić information content (AvgIpc) is 3.08. The Morgan fingerprint density at radius 2 is 2.24 bits per heavy atom. The Morgan fingerprint density at radius 1 is 1.40 bits per heavy atom. The minimum atomic E-state index is -3.36. The lowest BCUT2D eigenvalue weighted by Crippen LogP contribution is -2.48. The number of aromatic nitrogens is 1. The zero-order valence-corrected chi connectivity index (χ0v) is 16.4. The van der Waals surface area contributed by atoms with Crippen molar-refractivity contribution in [2.24, 2.45) is 0 Å². The fourth-order valence-corrected chi connectivity index (χ4v) is 6.08. The van der Waals surface area contributed by atoms with Crippen LogP contribution in [0.1, 0.15) is 24.1 Å². The van der Waals surface area contributed by atoms with Crippen LogP contribution < -0.4 is 0 Å². The van der Waals surface area contributed by atoms with Gasteiger partial charge in [0.2, 0.25) is 0 Å². The molecule has 1 aliphatic rings. The van der Waals surface area contributed by atoms with Crippen LogP contribution in [-0.4, -0.2) is 55.3 Å². The van der Waals surface area contributed by atoms with Crippen molar-refractivity contribution in [1.82, 2.24) is 14.2 Å². The molecule has 2 aromatic heterocycles. The van der Waals surface area contributed by atoms with E-state index in [1.807, 2.05) is 36.7 Å². The molecule has 1 atom stereocenters. The van der Waals surface area contributed by atoms with E-state index in [-0.39, 0.29) is 6.04 Å². The Balaban J connectivity index is 1.62. The number of piperidine rings is 1. The van der Waals surface area contributed by atoms with E-state index >= 15 is 0 Å². The lowest BCUT2D eigenvalue weighted by molar-refractivity contribution is 0.164. The van der Waals surface area contributed by atoms with Crippen LogP contribution in [0.5, 0.6) is 0 Å². The SMILES string of the molecule is Cc1csc(S(=O)(=O)N2CCCC(N(C)CCc3ccccn3)C2)c1. The Bertz CT molecular complexity index is 790. The maximum Gasteiger partial charge on any atom is 0.252 e. The van der Waals surface area contributed by atoms with Crippen molar-refractivity contribution in [3.63, 3.8) is 0 Å². The number of aryl methyl sites for hydroxylation is 1. The smallest absolute Gasteiger partial charge is 0.252 e. The molecular formula is C18H25N3O2S2. The number of nitrogens with zero attached hydrogens (tertiary/aromatic N) is 3. The lowest BCUT2D eigenvalue weighted by atomic mass is 10.1. The third-order valence-corrected chi connectivity index (χ3v) is 8.13. The Hall–Kier alpha value is -1.28. The number of hydrogen-bond donors (Lipinski definition) is 0. The van der Waals surface area contributed by atoms with E-state index in [1.54, 1.807) is 10.4 Å². The summed E-state index contributed by atoms with van der Waals surface area (Å²) < 4.78 is 27.8. The second-order valence-corrected chi connectivity index (χ2v) is 9.73. The zero-order valence-electron chi connectivity index (χ0n) is 14.8. The predicted molar refractivity (Wildman–Crippen MR) is 101 cm³/mol. The molecule has 0 saturated carbocycles. The summed E-state index contributed by atoms with van der Waals surface area (Å²) in [6, 6.07) is 7.98. The van der Waals surface area contributed by atoms with Crippen LogP contribution in [0, 0.1) is 6.92 Å². The normalized spacial score (nSPS) is 19.4. The van der Waals surface area contributed by atoms with Crippen molar-refractivity contribution in [3.8, 4) is 0 Å². The quantitative estimate of drug-likeness (QED) is 0.774. The van der Waals surface area contributed by atoms with E-state index < -0.39 is 10.0 Å². The molecule has 0 aliphatic carbocycles. The van der Waals surface area contributed by atoms with Crippen LogP contribution in [0.2, 0.25) is 0 Å². The van der Waals surface area contributed by atoms with Crippen LogP contribution >= 0.6 is 11.3 Å². The van der Waals surface area contributed by atoms with Gasteiger partial charge in [0.25, 0.3) is 10.0 Å². The third kappa shape index (κ3) is 4.47. The van der Waals surface area contributed by atoms with Gasteiger partial charge in [0.05, 0.1) is 0 Å². The summed E-state index contributed by atoms with van der Waals surface area (Å²) in [4.78, 5) is 6.63. The molecule has 3 rings (SSSR count). The van der Waals surface area contributed by atoms with Gasteiger partial charge in [-0.1, -0.05) is 6.07 Å². The largest absolute Gasteiger partial charge is 0.302 e. The number of thiophene rings is 1. The van der Waals surface area contributed by atoms with Crippen molar-refractivity contribution in [2.45, 2.75) is 36.4 Å². The molecule has 0 spiro atoms. The molecule has 136 valence electrons. The minimum absolute atomic E-state index is 0.258. The lowest BCUT2D eigenvalue weighted by Gasteiger charge is -2.36. The molecule has 5 nitrogen and oxygen atoms in total. The molecular weight excluding hydrogens is 354 g/mol. The zero-order chi connectivity index (χ0) is 17.9. The number of pyridine rings is 1. The summed E-state index contributed by atoms with van der Waals surface area (Å²) in [6.07, 6.45) is 4.63. The molecule has 0 N–H and O–H groups in total. The van der Waals surface area contributed by atoms with E-state index in [9.17, 15) is 8.42 Å². The highest BCUT2D eigenvalue weighted by Gasteiger charge is 2.32. The number of sulfonamides is 1. The Labute approximate surface area is 154 Å². The molecule has 1 saturated heterocycles. The molecule has 0 bridgehead atoms. The summed E-state index contributed by atoms with van der Waals surface area (Å²) >= 11 is 1.32. The first-order chi connectivity index (χ1) is 12.0. The van der Waals surface area contributed by atoms with Gasteiger partial charge in [0.1, 0.15) is 4.21 Å². The first-order valence-electron chi connectivity index (χ1n) is 8.62. The van der Waals surface area contributed by atoms with Gasteiger partial charge >= 0.3 is 0 Å². The van der Waals surface area contributed by atoms with E-state index in [2.05, 4.69) is 16.9 Å². The number of hydrogen-bond acceptors (Lipinski definition) is 5. The van der Waals surface area contributed by atoms with Crippen molar-refractivity contribution >= 4 is 21.4 Å². The fourth-order valence-electron chi connectivity index (χ4n) is 3.19. The fraction of sp³-hybridized carbons (Fsp3) is 0.500. The highest BCUT2D eigenvalue weighted by molar-refractivity contribution is 7.91. The summed E-state index contributed by atoms with van der Waals surface area (Å²) in [5, 5.41) is 1.90. The van der Waals surface area contributed by atoms with Crippen molar-refractivity contribution < 1.29 is 8.42 Å². The van der Waals surface area contributed by atoms with Crippen molar-refractivity contribution in [2.75, 3.05) is 26.7 Å². The Kier molecular flexibility index (Phi) is 5.89. The summed E-state index contributed by atoms with van der Waals surface area (Å²) in [6.45, 7) is 4.00. The first kappa shape index (κ1) is 18.5. The summed E-state index contributed by atoms with van der Waals surface area (Å²) in [7, 11) is -1.28. The van der Waals surface area contributed by atoms with Gasteiger partial charge in [0, 0.05) is 44.0 Å². The van der Waals surface area contributed by atoms with Gasteiger partial charge in [-0.3, -0.25) is 4.98 Å². The van der Waals surface area contributed by atoms with Crippen LogP contribution in [0.15, 0.2) is 40.1 Å². The molecule has 0 aromatic carbocycles. The molecule has 2 aromatic rings. The average molecular weight is 380 g/mol. The van der Waals surface area contributed by atoms with Crippen molar-refractivity contribution in [3.05, 3.63) is 47.1 Å². The molecule has 0 amide bonds. The minimum Gasteiger partial charge on any atom is -0.302 e. The van der Waals surface area contributed by atoms with Crippen LogP contribution in [0.4, 0.5) is 0 Å². The van der Waals surface area contributed by atoms with Crippen LogP contribution in [-0.2, 0) is 16.4 Å². The monoisotopic (exact) mass is 379 g/mol. The second-order valence-electron chi connectivity index (χ2n) is 6.65. The van der Waals surface area contributed by atoms with Crippen LogP contribution in [0.3, 0.4) is 0 Å². The Morgan fingerprint density at radius 3 is 2.92 bits per heavy atom. The van der Waals surface area contributed by atoms with E-state index in [0.29, 0.717) is 17.3 Å². The topological polar surface area (TPSA) is 53.5 Å². The highest BCUT2D eigenvalue weighted by Crippen LogP contribution is 2.27. The maximum atomic E-state index is 12.9. The molecule has 0 radical (unpaired) electrons. The number of rotatable bonds is 6. The van der Waals surface area contributed by atoms with Gasteiger partial charge in [-0.05, 0) is 56.0 Å². The van der Waals surface area contributed by atoms with E-state index in [1.165, 1.54) is 11.3 Å². The first-order valence-corrected chi connectivity index (χ1v) is 10.9. The van der Waals surface area contributed by atoms with Crippen molar-refractivity contribution in [1.29, 1.82) is 0 Å². The number of likely N-dealkylation sites (N-methyl/N-ethyl adjacent to an activating group) is 1. The summed E-state index contributed by atoms with van der Waals surface area (Å²) in [5.41, 5.74) is 2.08. The molecule has 7 heteroatoms. The predicted octanol–water partition coefficient (Wildman–Crippen LogP) is 2.78. The molecule has 3 heterocycles. The molecule has 1 fully saturated rings.